The van der Waals surface area contributed by atoms with Gasteiger partial charge in [-0.2, -0.15) is 4.98 Å². The number of halogens is 1. The molecule has 3 aromatic rings. The predicted octanol–water partition coefficient (Wildman–Crippen LogP) is 4.35. The minimum atomic E-state index is -0.305. The third-order valence-electron chi connectivity index (χ3n) is 7.01. The lowest BCUT2D eigenvalue weighted by Crippen LogP contribution is -2.50. The fourth-order valence-corrected chi connectivity index (χ4v) is 5.47. The van der Waals surface area contributed by atoms with E-state index in [0.29, 0.717) is 16.5 Å². The average molecular weight is 481 g/mol. The molecule has 1 atom stereocenters. The van der Waals surface area contributed by atoms with Gasteiger partial charge in [0.2, 0.25) is 0 Å². The van der Waals surface area contributed by atoms with Gasteiger partial charge in [-0.1, -0.05) is 43.6 Å². The molecule has 1 N–H and O–H groups in total. The number of anilines is 2. The molecular formula is C26H33ClN6O. The number of rotatable bonds is 4. The largest absolute Gasteiger partial charge is 0.355 e. The lowest BCUT2D eigenvalue weighted by atomic mass is 10.0. The Labute approximate surface area is 205 Å². The number of piperazine rings is 1. The summed E-state index contributed by atoms with van der Waals surface area (Å²) < 4.78 is 1.69. The highest BCUT2D eigenvalue weighted by atomic mass is 35.5. The summed E-state index contributed by atoms with van der Waals surface area (Å²) in [6, 6.07) is 10.2. The van der Waals surface area contributed by atoms with Crippen LogP contribution in [0.1, 0.15) is 51.5 Å². The SMILES string of the molecule is CC(C)c1ccccc1-n1c(=O)nc(N2CCNC[C@@H]2C)c2cc(Cl)c(N3CCCCC3)nc21. The number of fused-ring (bicyclic) bond motifs is 1. The van der Waals surface area contributed by atoms with E-state index in [2.05, 4.69) is 46.9 Å². The molecule has 0 saturated carbocycles. The number of hydrogen-bond acceptors (Lipinski definition) is 6. The van der Waals surface area contributed by atoms with Crippen molar-refractivity contribution >= 4 is 34.3 Å². The molecule has 0 aliphatic carbocycles. The number of pyridine rings is 1. The van der Waals surface area contributed by atoms with Crippen LogP contribution < -0.4 is 20.8 Å². The van der Waals surface area contributed by atoms with Gasteiger partial charge in [0.15, 0.2) is 5.65 Å². The van der Waals surface area contributed by atoms with Crippen molar-refractivity contribution in [2.24, 2.45) is 0 Å². The van der Waals surface area contributed by atoms with E-state index in [0.717, 1.165) is 68.0 Å². The summed E-state index contributed by atoms with van der Waals surface area (Å²) in [5.74, 6) is 1.68. The van der Waals surface area contributed by atoms with Gasteiger partial charge in [-0.3, -0.25) is 0 Å². The van der Waals surface area contributed by atoms with Gasteiger partial charge in [0.25, 0.3) is 0 Å². The predicted molar refractivity (Wildman–Crippen MR) is 140 cm³/mol. The molecule has 5 rings (SSSR count). The minimum Gasteiger partial charge on any atom is -0.355 e. The molecule has 2 aliphatic rings. The zero-order valence-electron chi connectivity index (χ0n) is 20.2. The van der Waals surface area contributed by atoms with Crippen LogP contribution in [0.5, 0.6) is 0 Å². The van der Waals surface area contributed by atoms with Crippen molar-refractivity contribution in [3.8, 4) is 5.69 Å². The number of nitrogens with one attached hydrogen (secondary N) is 1. The molecule has 0 bridgehead atoms. The fraction of sp³-hybridized carbons (Fsp3) is 0.500. The lowest BCUT2D eigenvalue weighted by molar-refractivity contribution is 0.497. The summed E-state index contributed by atoms with van der Waals surface area (Å²) >= 11 is 6.85. The molecule has 180 valence electrons. The number of aromatic nitrogens is 3. The third kappa shape index (κ3) is 4.16. The third-order valence-corrected chi connectivity index (χ3v) is 7.29. The second-order valence-electron chi connectivity index (χ2n) is 9.73. The maximum atomic E-state index is 13.7. The Morgan fingerprint density at radius 1 is 1.06 bits per heavy atom. The van der Waals surface area contributed by atoms with Gasteiger partial charge in [0.1, 0.15) is 11.6 Å². The smallest absolute Gasteiger partial charge is 0.355 e. The van der Waals surface area contributed by atoms with Crippen LogP contribution in [-0.2, 0) is 0 Å². The molecule has 8 heteroatoms. The maximum absolute atomic E-state index is 13.7. The van der Waals surface area contributed by atoms with Crippen LogP contribution in [0.2, 0.25) is 5.02 Å². The average Bonchev–Trinajstić information content (AvgIpc) is 2.84. The molecule has 0 radical (unpaired) electrons. The minimum absolute atomic E-state index is 0.211. The molecule has 2 fully saturated rings. The molecular weight excluding hydrogens is 448 g/mol. The molecule has 2 aromatic heterocycles. The summed E-state index contributed by atoms with van der Waals surface area (Å²) in [4.78, 5) is 27.9. The van der Waals surface area contributed by atoms with Crippen molar-refractivity contribution in [2.45, 2.75) is 52.0 Å². The van der Waals surface area contributed by atoms with Crippen molar-refractivity contribution in [3.63, 3.8) is 0 Å². The molecule has 2 saturated heterocycles. The number of para-hydroxylation sites is 1. The van der Waals surface area contributed by atoms with Gasteiger partial charge in [0, 0.05) is 38.8 Å². The van der Waals surface area contributed by atoms with Crippen LogP contribution in [0, 0.1) is 0 Å². The van der Waals surface area contributed by atoms with Crippen LogP contribution in [0.15, 0.2) is 35.1 Å². The highest BCUT2D eigenvalue weighted by Gasteiger charge is 2.27. The Bertz CT molecular complexity index is 1250. The highest BCUT2D eigenvalue weighted by Crippen LogP contribution is 2.35. The van der Waals surface area contributed by atoms with Gasteiger partial charge < -0.3 is 15.1 Å². The molecule has 0 unspecified atom stereocenters. The summed E-state index contributed by atoms with van der Waals surface area (Å²) in [5, 5.41) is 4.85. The number of hydrogen-bond donors (Lipinski definition) is 1. The van der Waals surface area contributed by atoms with Crippen molar-refractivity contribution in [3.05, 3.63) is 51.4 Å². The van der Waals surface area contributed by atoms with Crippen LogP contribution >= 0.6 is 11.6 Å². The first-order valence-corrected chi connectivity index (χ1v) is 12.8. The van der Waals surface area contributed by atoms with E-state index in [1.54, 1.807) is 4.57 Å². The Morgan fingerprint density at radius 2 is 1.82 bits per heavy atom. The van der Waals surface area contributed by atoms with Crippen molar-refractivity contribution in [2.75, 3.05) is 42.5 Å². The molecule has 34 heavy (non-hydrogen) atoms. The number of piperidine rings is 1. The van der Waals surface area contributed by atoms with Gasteiger partial charge in [-0.25, -0.2) is 14.3 Å². The number of benzene rings is 1. The topological polar surface area (TPSA) is 66.3 Å². The zero-order valence-corrected chi connectivity index (χ0v) is 21.0. The summed E-state index contributed by atoms with van der Waals surface area (Å²) in [5.41, 5.74) is 2.24. The Morgan fingerprint density at radius 3 is 2.56 bits per heavy atom. The summed E-state index contributed by atoms with van der Waals surface area (Å²) in [7, 11) is 0. The molecule has 1 aromatic carbocycles. The van der Waals surface area contributed by atoms with Gasteiger partial charge in [-0.15, -0.1) is 0 Å². The second-order valence-corrected chi connectivity index (χ2v) is 10.1. The normalized spacial score (nSPS) is 19.3. The van der Waals surface area contributed by atoms with Gasteiger partial charge >= 0.3 is 5.69 Å². The Hall–Kier alpha value is -2.64. The van der Waals surface area contributed by atoms with Crippen molar-refractivity contribution < 1.29 is 0 Å². The first-order chi connectivity index (χ1) is 16.5. The van der Waals surface area contributed by atoms with Crippen LogP contribution in [-0.4, -0.2) is 53.3 Å². The van der Waals surface area contributed by atoms with Crippen molar-refractivity contribution in [1.29, 1.82) is 0 Å². The molecule has 0 amide bonds. The first-order valence-electron chi connectivity index (χ1n) is 12.4. The van der Waals surface area contributed by atoms with E-state index >= 15 is 0 Å². The lowest BCUT2D eigenvalue weighted by Gasteiger charge is -2.36. The highest BCUT2D eigenvalue weighted by molar-refractivity contribution is 6.33. The van der Waals surface area contributed by atoms with Crippen LogP contribution in [0.3, 0.4) is 0 Å². The van der Waals surface area contributed by atoms with Gasteiger partial charge in [0.05, 0.1) is 16.1 Å². The first kappa shape index (κ1) is 23.1. The summed E-state index contributed by atoms with van der Waals surface area (Å²) in [6.07, 6.45) is 3.47. The second kappa shape index (κ2) is 9.55. The van der Waals surface area contributed by atoms with E-state index in [1.807, 2.05) is 24.3 Å². The monoisotopic (exact) mass is 480 g/mol. The number of nitrogens with zero attached hydrogens (tertiary/aromatic N) is 5. The Balaban J connectivity index is 1.80. The zero-order chi connectivity index (χ0) is 23.8. The van der Waals surface area contributed by atoms with E-state index < -0.39 is 0 Å². The molecule has 7 nitrogen and oxygen atoms in total. The summed E-state index contributed by atoms with van der Waals surface area (Å²) in [6.45, 7) is 10.8. The quantitative estimate of drug-likeness (QED) is 0.599. The van der Waals surface area contributed by atoms with Crippen LogP contribution in [0.25, 0.3) is 16.7 Å². The van der Waals surface area contributed by atoms with E-state index in [4.69, 9.17) is 16.6 Å². The standard InChI is InChI=1S/C26H33ClN6O/c1-17(2)19-9-5-6-10-22(19)33-24-20(15-21(27)25(29-24)31-12-7-4-8-13-31)23(30-26(33)34)32-14-11-28-16-18(32)3/h5-6,9-10,15,17-18,28H,4,7-8,11-14,16H2,1-3H3/t18-/m0/s1. The van der Waals surface area contributed by atoms with Gasteiger partial charge in [-0.05, 0) is 49.8 Å². The molecule has 4 heterocycles. The fourth-order valence-electron chi connectivity index (χ4n) is 5.19. The van der Waals surface area contributed by atoms with E-state index in [-0.39, 0.29) is 17.6 Å². The Kier molecular flexibility index (Phi) is 6.49. The maximum Gasteiger partial charge on any atom is 0.355 e. The van der Waals surface area contributed by atoms with Crippen molar-refractivity contribution in [1.82, 2.24) is 19.9 Å². The van der Waals surface area contributed by atoms with E-state index in [1.165, 1.54) is 6.42 Å². The molecule has 0 spiro atoms. The van der Waals surface area contributed by atoms with E-state index in [9.17, 15) is 4.79 Å². The van der Waals surface area contributed by atoms with Crippen LogP contribution in [0.4, 0.5) is 11.6 Å². The molecule has 2 aliphatic heterocycles.